The van der Waals surface area contributed by atoms with Gasteiger partial charge < -0.3 is 10.1 Å². The Labute approximate surface area is 198 Å². The van der Waals surface area contributed by atoms with E-state index in [1.54, 1.807) is 19.1 Å². The molecule has 2 aromatic heterocycles. The maximum Gasteiger partial charge on any atom is 0.413 e. The zero-order chi connectivity index (χ0) is 24.7. The molecule has 35 heavy (non-hydrogen) atoms. The molecule has 1 saturated carbocycles. The zero-order valence-corrected chi connectivity index (χ0v) is 18.6. The van der Waals surface area contributed by atoms with Gasteiger partial charge in [0.15, 0.2) is 17.4 Å². The average Bonchev–Trinajstić information content (AvgIpc) is 3.68. The van der Waals surface area contributed by atoms with Crippen LogP contribution >= 0.6 is 0 Å². The molecule has 0 unspecified atom stereocenters. The van der Waals surface area contributed by atoms with Gasteiger partial charge in [0.25, 0.3) is 5.56 Å². The Balaban J connectivity index is 1.55. The molecule has 1 fully saturated rings. The van der Waals surface area contributed by atoms with Crippen LogP contribution in [0, 0.1) is 30.3 Å². The highest BCUT2D eigenvalue weighted by molar-refractivity contribution is 5.91. The lowest BCUT2D eigenvalue weighted by Crippen LogP contribution is -2.33. The summed E-state index contributed by atoms with van der Waals surface area (Å²) in [6, 6.07) is 10.2. The number of hydrogen-bond donors (Lipinski definition) is 1. The molecule has 0 saturated heterocycles. The third-order valence-corrected chi connectivity index (χ3v) is 6.11. The molecule has 1 amide bonds. The number of carbonyl (C=O) groups excluding carboxylic acids is 1. The van der Waals surface area contributed by atoms with Gasteiger partial charge in [0.2, 0.25) is 0 Å². The third-order valence-electron chi connectivity index (χ3n) is 6.11. The summed E-state index contributed by atoms with van der Waals surface area (Å²) in [4.78, 5) is 30.2. The van der Waals surface area contributed by atoms with Gasteiger partial charge >= 0.3 is 6.09 Å². The van der Waals surface area contributed by atoms with Crippen molar-refractivity contribution in [3.63, 3.8) is 0 Å². The highest BCUT2D eigenvalue weighted by Crippen LogP contribution is 2.41. The van der Waals surface area contributed by atoms with E-state index in [4.69, 9.17) is 4.74 Å². The van der Waals surface area contributed by atoms with E-state index in [9.17, 15) is 22.8 Å². The van der Waals surface area contributed by atoms with Crippen LogP contribution in [0.5, 0.6) is 5.75 Å². The summed E-state index contributed by atoms with van der Waals surface area (Å²) < 4.78 is 48.9. The molecule has 178 valence electrons. The number of carbonyl (C=O) groups is 1. The van der Waals surface area contributed by atoms with Crippen molar-refractivity contribution < 1.29 is 22.7 Å². The van der Waals surface area contributed by atoms with Crippen LogP contribution in [-0.2, 0) is 0 Å². The number of aromatic nitrogens is 2. The van der Waals surface area contributed by atoms with E-state index in [0.29, 0.717) is 11.3 Å². The predicted molar refractivity (Wildman–Crippen MR) is 123 cm³/mol. The Morgan fingerprint density at radius 2 is 1.89 bits per heavy atom. The number of amides is 1. The van der Waals surface area contributed by atoms with Gasteiger partial charge in [-0.2, -0.15) is 0 Å². The first-order valence-corrected chi connectivity index (χ1v) is 11.0. The fourth-order valence-electron chi connectivity index (χ4n) is 4.27. The van der Waals surface area contributed by atoms with E-state index in [1.165, 1.54) is 35.2 Å². The van der Waals surface area contributed by atoms with Gasteiger partial charge in [0, 0.05) is 11.6 Å². The van der Waals surface area contributed by atoms with Crippen LogP contribution in [0.1, 0.15) is 30.1 Å². The lowest BCUT2D eigenvalue weighted by atomic mass is 10.0. The normalized spacial score (nSPS) is 14.1. The maximum absolute atomic E-state index is 14.8. The Kier molecular flexibility index (Phi) is 5.76. The van der Waals surface area contributed by atoms with E-state index >= 15 is 0 Å². The quantitative estimate of drug-likeness (QED) is 0.419. The lowest BCUT2D eigenvalue weighted by Gasteiger charge is -2.21. The summed E-state index contributed by atoms with van der Waals surface area (Å²) >= 11 is 0. The van der Waals surface area contributed by atoms with Gasteiger partial charge in [-0.1, -0.05) is 18.2 Å². The first kappa shape index (κ1) is 22.6. The van der Waals surface area contributed by atoms with E-state index in [1.807, 2.05) is 0 Å². The van der Waals surface area contributed by atoms with Crippen LogP contribution in [0.4, 0.5) is 18.0 Å². The highest BCUT2D eigenvalue weighted by atomic mass is 19.2. The van der Waals surface area contributed by atoms with Crippen LogP contribution in [0.3, 0.4) is 0 Å². The molecule has 2 heterocycles. The molecule has 5 rings (SSSR count). The highest BCUT2D eigenvalue weighted by Gasteiger charge is 2.34. The molecule has 6 nitrogen and oxygen atoms in total. The Bertz CT molecular complexity index is 1500. The van der Waals surface area contributed by atoms with Crippen molar-refractivity contribution >= 4 is 16.9 Å². The monoisotopic (exact) mass is 479 g/mol. The second-order valence-corrected chi connectivity index (χ2v) is 8.45. The number of benzene rings is 2. The number of nitrogens with zero attached hydrogens (tertiary/aromatic N) is 2. The van der Waals surface area contributed by atoms with Crippen molar-refractivity contribution in [1.82, 2.24) is 14.9 Å². The number of fused-ring (bicyclic) bond motifs is 1. The van der Waals surface area contributed by atoms with E-state index < -0.39 is 35.1 Å². The SMILES string of the molecule is Cc1c(OC(=O)N[C@H](c2ccc(F)c(F)c2)C2CC2)c2cccc(F)c2c(=O)n1-c1cccnc1. The third kappa shape index (κ3) is 4.25. The zero-order valence-electron chi connectivity index (χ0n) is 18.6. The second-order valence-electron chi connectivity index (χ2n) is 8.45. The molecule has 1 aliphatic carbocycles. The van der Waals surface area contributed by atoms with Crippen molar-refractivity contribution in [2.24, 2.45) is 5.92 Å². The lowest BCUT2D eigenvalue weighted by molar-refractivity contribution is 0.194. The topological polar surface area (TPSA) is 73.2 Å². The molecule has 0 radical (unpaired) electrons. The van der Waals surface area contributed by atoms with Crippen molar-refractivity contribution in [2.75, 3.05) is 0 Å². The Hall–Kier alpha value is -4.14. The van der Waals surface area contributed by atoms with Crippen LogP contribution in [0.2, 0.25) is 0 Å². The fraction of sp³-hybridized carbons (Fsp3) is 0.192. The minimum atomic E-state index is -1.01. The minimum Gasteiger partial charge on any atom is -0.408 e. The fourth-order valence-corrected chi connectivity index (χ4v) is 4.27. The average molecular weight is 479 g/mol. The summed E-state index contributed by atoms with van der Waals surface area (Å²) in [5, 5.41) is 2.63. The van der Waals surface area contributed by atoms with Crippen molar-refractivity contribution in [3.8, 4) is 11.4 Å². The first-order chi connectivity index (χ1) is 16.8. The van der Waals surface area contributed by atoms with Crippen LogP contribution < -0.4 is 15.6 Å². The van der Waals surface area contributed by atoms with Gasteiger partial charge in [-0.05, 0) is 61.6 Å². The molecular weight excluding hydrogens is 459 g/mol. The maximum atomic E-state index is 14.8. The molecule has 1 atom stereocenters. The Morgan fingerprint density at radius 3 is 2.57 bits per heavy atom. The first-order valence-electron chi connectivity index (χ1n) is 11.0. The van der Waals surface area contributed by atoms with Crippen molar-refractivity contribution in [1.29, 1.82) is 0 Å². The molecule has 0 bridgehead atoms. The number of hydrogen-bond acceptors (Lipinski definition) is 4. The largest absolute Gasteiger partial charge is 0.413 e. The van der Waals surface area contributed by atoms with Crippen molar-refractivity contribution in [3.05, 3.63) is 100.0 Å². The second kappa shape index (κ2) is 8.90. The molecule has 0 aliphatic heterocycles. The summed E-state index contributed by atoms with van der Waals surface area (Å²) in [6.07, 6.45) is 3.73. The van der Waals surface area contributed by atoms with Crippen LogP contribution in [0.25, 0.3) is 16.5 Å². The number of pyridine rings is 2. The summed E-state index contributed by atoms with van der Waals surface area (Å²) in [5.74, 6) is -2.70. The molecule has 9 heteroatoms. The molecule has 1 N–H and O–H groups in total. The van der Waals surface area contributed by atoms with Crippen molar-refractivity contribution in [2.45, 2.75) is 25.8 Å². The molecule has 2 aromatic carbocycles. The standard InChI is InChI=1S/C26H20F3N3O3/c1-14-24(35-26(34)31-23(15-7-8-15)16-9-10-19(27)21(29)12-16)18-5-2-6-20(28)22(18)25(33)32(14)17-4-3-11-30-13-17/h2-6,9-13,15,23H,7-8H2,1H3,(H,31,34)/t23-/m0/s1. The predicted octanol–water partition coefficient (Wildman–Crippen LogP) is 5.35. The number of rotatable bonds is 5. The number of halogens is 3. The van der Waals surface area contributed by atoms with Gasteiger partial charge in [-0.25, -0.2) is 18.0 Å². The summed E-state index contributed by atoms with van der Waals surface area (Å²) in [7, 11) is 0. The molecular formula is C26H20F3N3O3. The molecule has 1 aliphatic rings. The summed E-state index contributed by atoms with van der Waals surface area (Å²) in [5.41, 5.74) is 0.445. The number of ether oxygens (including phenoxy) is 1. The molecule has 4 aromatic rings. The van der Waals surface area contributed by atoms with E-state index in [0.717, 1.165) is 31.0 Å². The van der Waals surface area contributed by atoms with E-state index in [2.05, 4.69) is 10.3 Å². The van der Waals surface area contributed by atoms with E-state index in [-0.39, 0.29) is 28.1 Å². The smallest absolute Gasteiger partial charge is 0.408 e. The molecule has 0 spiro atoms. The summed E-state index contributed by atoms with van der Waals surface area (Å²) in [6.45, 7) is 1.58. The minimum absolute atomic E-state index is 0.000265. The van der Waals surface area contributed by atoms with Gasteiger partial charge in [0.1, 0.15) is 5.82 Å². The van der Waals surface area contributed by atoms with Gasteiger partial charge in [-0.15, -0.1) is 0 Å². The van der Waals surface area contributed by atoms with Crippen LogP contribution in [-0.4, -0.2) is 15.6 Å². The van der Waals surface area contributed by atoms with Gasteiger partial charge in [0.05, 0.1) is 29.0 Å². The number of nitrogens with one attached hydrogen (secondary N) is 1. The van der Waals surface area contributed by atoms with Crippen LogP contribution in [0.15, 0.2) is 65.7 Å². The Morgan fingerprint density at radius 1 is 1.09 bits per heavy atom. The van der Waals surface area contributed by atoms with Gasteiger partial charge in [-0.3, -0.25) is 14.3 Å².